The predicted molar refractivity (Wildman–Crippen MR) is 63.6 cm³/mol. The molecular formula is C13H27N. The van der Waals surface area contributed by atoms with Crippen molar-refractivity contribution in [3.8, 4) is 0 Å². The van der Waals surface area contributed by atoms with Gasteiger partial charge in [0.2, 0.25) is 0 Å². The van der Waals surface area contributed by atoms with Gasteiger partial charge in [0.25, 0.3) is 0 Å². The van der Waals surface area contributed by atoms with Crippen molar-refractivity contribution in [3.63, 3.8) is 0 Å². The third-order valence-corrected chi connectivity index (χ3v) is 3.69. The zero-order valence-electron chi connectivity index (χ0n) is 10.2. The Morgan fingerprint density at radius 1 is 1.07 bits per heavy atom. The Balaban J connectivity index is 0.000000461. The van der Waals surface area contributed by atoms with E-state index in [-0.39, 0.29) is 0 Å². The monoisotopic (exact) mass is 197 g/mol. The lowest BCUT2D eigenvalue weighted by atomic mass is 9.73. The van der Waals surface area contributed by atoms with Gasteiger partial charge in [-0.25, -0.2) is 0 Å². The minimum Gasteiger partial charge on any atom is -0.311 e. The maximum atomic E-state index is 3.76. The van der Waals surface area contributed by atoms with Crippen LogP contribution < -0.4 is 5.32 Å². The molecule has 0 aromatic carbocycles. The smallest absolute Gasteiger partial charge is 0.0184 e. The summed E-state index contributed by atoms with van der Waals surface area (Å²) in [6, 6.07) is 0. The molecule has 1 unspecified atom stereocenters. The molecule has 2 aliphatic rings. The van der Waals surface area contributed by atoms with E-state index >= 15 is 0 Å². The fraction of sp³-hybridized carbons (Fsp3) is 1.00. The lowest BCUT2D eigenvalue weighted by Gasteiger charge is -2.44. The largest absolute Gasteiger partial charge is 0.311 e. The van der Waals surface area contributed by atoms with Crippen LogP contribution in [0, 0.1) is 5.92 Å². The zero-order valence-corrected chi connectivity index (χ0v) is 10.2. The maximum absolute atomic E-state index is 3.76. The highest BCUT2D eigenvalue weighted by molar-refractivity contribution is 4.94. The van der Waals surface area contributed by atoms with Crippen LogP contribution in [0.1, 0.15) is 65.7 Å². The van der Waals surface area contributed by atoms with E-state index in [1.807, 2.05) is 13.8 Å². The number of nitrogens with one attached hydrogen (secondary N) is 1. The molecular weight excluding hydrogens is 170 g/mol. The van der Waals surface area contributed by atoms with E-state index in [4.69, 9.17) is 0 Å². The third-order valence-electron chi connectivity index (χ3n) is 3.69. The molecule has 1 spiro atoms. The van der Waals surface area contributed by atoms with Crippen LogP contribution >= 0.6 is 0 Å². The van der Waals surface area contributed by atoms with Crippen molar-refractivity contribution in [2.75, 3.05) is 6.54 Å². The van der Waals surface area contributed by atoms with Crippen LogP contribution in [0.4, 0.5) is 0 Å². The average molecular weight is 197 g/mol. The molecule has 1 N–H and O–H groups in total. The minimum absolute atomic E-state index is 0.579. The summed E-state index contributed by atoms with van der Waals surface area (Å²) in [5.41, 5.74) is 0.579. The lowest BCUT2D eigenvalue weighted by Crippen LogP contribution is -2.51. The second kappa shape index (κ2) is 5.75. The van der Waals surface area contributed by atoms with E-state index < -0.39 is 0 Å². The highest BCUT2D eigenvalue weighted by Gasteiger charge is 2.35. The number of piperidine rings is 1. The highest BCUT2D eigenvalue weighted by atomic mass is 15.0. The van der Waals surface area contributed by atoms with Gasteiger partial charge in [0.15, 0.2) is 0 Å². The summed E-state index contributed by atoms with van der Waals surface area (Å²) in [6.07, 6.45) is 10.1. The summed E-state index contributed by atoms with van der Waals surface area (Å²) in [5.74, 6) is 0.962. The molecule has 0 bridgehead atoms. The van der Waals surface area contributed by atoms with Gasteiger partial charge >= 0.3 is 0 Å². The van der Waals surface area contributed by atoms with Crippen molar-refractivity contribution in [1.82, 2.24) is 5.32 Å². The molecule has 1 saturated carbocycles. The van der Waals surface area contributed by atoms with Crippen LogP contribution in [0.2, 0.25) is 0 Å². The fourth-order valence-electron chi connectivity index (χ4n) is 3.03. The molecule has 1 heteroatoms. The van der Waals surface area contributed by atoms with Gasteiger partial charge in [0.1, 0.15) is 0 Å². The van der Waals surface area contributed by atoms with Gasteiger partial charge in [-0.1, -0.05) is 40.0 Å². The Hall–Kier alpha value is -0.0400. The summed E-state index contributed by atoms with van der Waals surface area (Å²) >= 11 is 0. The van der Waals surface area contributed by atoms with Crippen molar-refractivity contribution in [1.29, 1.82) is 0 Å². The fourth-order valence-corrected chi connectivity index (χ4v) is 3.03. The van der Waals surface area contributed by atoms with Crippen molar-refractivity contribution < 1.29 is 0 Å². The Bertz CT molecular complexity index is 142. The molecule has 1 saturated heterocycles. The SMILES string of the molecule is CC.CC1CCNC2(CCCCC2)C1. The summed E-state index contributed by atoms with van der Waals surface area (Å²) in [6.45, 7) is 7.68. The molecule has 0 aromatic rings. The Morgan fingerprint density at radius 2 is 1.71 bits per heavy atom. The molecule has 1 nitrogen and oxygen atoms in total. The molecule has 84 valence electrons. The van der Waals surface area contributed by atoms with Crippen molar-refractivity contribution >= 4 is 0 Å². The molecule has 0 aromatic heterocycles. The van der Waals surface area contributed by atoms with Gasteiger partial charge in [-0.3, -0.25) is 0 Å². The summed E-state index contributed by atoms with van der Waals surface area (Å²) < 4.78 is 0. The second-order valence-electron chi connectivity index (χ2n) is 4.87. The third kappa shape index (κ3) is 2.98. The molecule has 1 aliphatic heterocycles. The van der Waals surface area contributed by atoms with Gasteiger partial charge < -0.3 is 5.32 Å². The van der Waals surface area contributed by atoms with Crippen LogP contribution in [0.5, 0.6) is 0 Å². The van der Waals surface area contributed by atoms with E-state index in [2.05, 4.69) is 12.2 Å². The molecule has 1 atom stereocenters. The minimum atomic E-state index is 0.579. The Labute approximate surface area is 89.7 Å². The zero-order chi connectivity index (χ0) is 10.4. The Kier molecular flexibility index (Phi) is 4.94. The second-order valence-corrected chi connectivity index (χ2v) is 4.87. The molecule has 2 fully saturated rings. The van der Waals surface area contributed by atoms with Gasteiger partial charge in [0, 0.05) is 5.54 Å². The maximum Gasteiger partial charge on any atom is 0.0184 e. The average Bonchev–Trinajstić information content (AvgIpc) is 2.21. The first-order valence-corrected chi connectivity index (χ1v) is 6.56. The van der Waals surface area contributed by atoms with Gasteiger partial charge in [-0.05, 0) is 38.1 Å². The van der Waals surface area contributed by atoms with Crippen LogP contribution in [-0.4, -0.2) is 12.1 Å². The van der Waals surface area contributed by atoms with Crippen molar-refractivity contribution in [3.05, 3.63) is 0 Å². The van der Waals surface area contributed by atoms with Crippen LogP contribution in [0.15, 0.2) is 0 Å². The first-order chi connectivity index (χ1) is 6.81. The van der Waals surface area contributed by atoms with E-state index in [9.17, 15) is 0 Å². The van der Waals surface area contributed by atoms with E-state index in [1.54, 1.807) is 0 Å². The number of rotatable bonds is 0. The highest BCUT2D eigenvalue weighted by Crippen LogP contribution is 2.36. The topological polar surface area (TPSA) is 12.0 Å². The number of hydrogen-bond donors (Lipinski definition) is 1. The van der Waals surface area contributed by atoms with Crippen molar-refractivity contribution in [2.45, 2.75) is 71.3 Å². The van der Waals surface area contributed by atoms with Gasteiger partial charge in [0.05, 0.1) is 0 Å². The summed E-state index contributed by atoms with van der Waals surface area (Å²) in [7, 11) is 0. The van der Waals surface area contributed by atoms with Gasteiger partial charge in [-0.2, -0.15) is 0 Å². The van der Waals surface area contributed by atoms with Gasteiger partial charge in [-0.15, -0.1) is 0 Å². The van der Waals surface area contributed by atoms with Crippen LogP contribution in [0.3, 0.4) is 0 Å². The standard InChI is InChI=1S/C11H21N.C2H6/c1-10-5-8-12-11(9-10)6-3-2-4-7-11;1-2/h10,12H,2-9H2,1H3;1-2H3. The van der Waals surface area contributed by atoms with E-state index in [0.717, 1.165) is 5.92 Å². The van der Waals surface area contributed by atoms with E-state index in [0.29, 0.717) is 5.54 Å². The molecule has 1 aliphatic carbocycles. The van der Waals surface area contributed by atoms with Crippen LogP contribution in [0.25, 0.3) is 0 Å². The molecule has 1 heterocycles. The molecule has 0 amide bonds. The molecule has 14 heavy (non-hydrogen) atoms. The molecule has 0 radical (unpaired) electrons. The number of hydrogen-bond acceptors (Lipinski definition) is 1. The molecule has 2 rings (SSSR count). The first-order valence-electron chi connectivity index (χ1n) is 6.56. The summed E-state index contributed by atoms with van der Waals surface area (Å²) in [5, 5.41) is 3.76. The quantitative estimate of drug-likeness (QED) is 0.624. The van der Waals surface area contributed by atoms with E-state index in [1.165, 1.54) is 51.5 Å². The van der Waals surface area contributed by atoms with Crippen LogP contribution in [-0.2, 0) is 0 Å². The lowest BCUT2D eigenvalue weighted by molar-refractivity contribution is 0.151. The predicted octanol–water partition coefficient (Wildman–Crippen LogP) is 3.74. The first kappa shape index (κ1) is 12.0. The summed E-state index contributed by atoms with van der Waals surface area (Å²) in [4.78, 5) is 0. The Morgan fingerprint density at radius 3 is 2.29 bits per heavy atom. The van der Waals surface area contributed by atoms with Crippen molar-refractivity contribution in [2.24, 2.45) is 5.92 Å². The normalized spacial score (nSPS) is 30.6.